The van der Waals surface area contributed by atoms with Gasteiger partial charge in [0.1, 0.15) is 11.4 Å². The molecular formula is C24H19F3N4O3. The van der Waals surface area contributed by atoms with Crippen molar-refractivity contribution in [1.29, 1.82) is 0 Å². The number of primary amides is 1. The average Bonchev–Trinajstić information content (AvgIpc) is 3.26. The Morgan fingerprint density at radius 2 is 1.82 bits per heavy atom. The van der Waals surface area contributed by atoms with Gasteiger partial charge < -0.3 is 15.5 Å². The van der Waals surface area contributed by atoms with Gasteiger partial charge in [-0.25, -0.2) is 4.98 Å². The van der Waals surface area contributed by atoms with E-state index in [9.17, 15) is 22.8 Å². The van der Waals surface area contributed by atoms with Crippen molar-refractivity contribution in [3.8, 4) is 5.75 Å². The molecular weight excluding hydrogens is 449 g/mol. The topological polar surface area (TPSA) is 101 Å². The number of alkyl halides is 3. The Morgan fingerprint density at radius 1 is 1.06 bits per heavy atom. The van der Waals surface area contributed by atoms with E-state index in [2.05, 4.69) is 9.97 Å². The number of amides is 2. The number of aromatic amines is 1. The number of rotatable bonds is 5. The number of methoxy groups -OCH3 is 1. The summed E-state index contributed by atoms with van der Waals surface area (Å²) in [4.78, 5) is 33.8. The summed E-state index contributed by atoms with van der Waals surface area (Å²) in [6, 6.07) is 10.7. The highest BCUT2D eigenvalue weighted by Crippen LogP contribution is 2.38. The summed E-state index contributed by atoms with van der Waals surface area (Å²) >= 11 is 0. The second-order valence-electron chi connectivity index (χ2n) is 7.56. The first-order valence-electron chi connectivity index (χ1n) is 10.0. The highest BCUT2D eigenvalue weighted by Gasteiger charge is 2.33. The molecule has 2 aromatic heterocycles. The lowest BCUT2D eigenvalue weighted by Gasteiger charge is -2.25. The number of hydrogen-bond donors (Lipinski definition) is 2. The number of aromatic nitrogens is 2. The maximum atomic E-state index is 13.8. The third-order valence-corrected chi connectivity index (χ3v) is 5.31. The summed E-state index contributed by atoms with van der Waals surface area (Å²) in [5, 5.41) is 0.650. The van der Waals surface area contributed by atoms with Gasteiger partial charge in [0.05, 0.1) is 30.2 Å². The standard InChI is InChI=1S/C24H19F3N4O3/c1-13-3-4-14(21(28)32)8-20(13)23(33)31(18-7-15-5-6-29-22(15)30-12-18)17-9-16(24(25,26)27)10-19(11-17)34-2/h3-12H,1-2H3,(H2,28,32)(H,29,30). The second-order valence-corrected chi connectivity index (χ2v) is 7.56. The minimum Gasteiger partial charge on any atom is -0.497 e. The molecule has 0 aliphatic rings. The summed E-state index contributed by atoms with van der Waals surface area (Å²) in [7, 11) is 1.24. The van der Waals surface area contributed by atoms with Crippen molar-refractivity contribution in [2.45, 2.75) is 13.1 Å². The fraction of sp³-hybridized carbons (Fsp3) is 0.125. The first-order chi connectivity index (χ1) is 16.1. The summed E-state index contributed by atoms with van der Waals surface area (Å²) in [5.41, 5.74) is 5.77. The van der Waals surface area contributed by atoms with Crippen molar-refractivity contribution in [2.24, 2.45) is 5.73 Å². The molecule has 2 amide bonds. The first kappa shape index (κ1) is 22.8. The van der Waals surface area contributed by atoms with Crippen molar-refractivity contribution in [2.75, 3.05) is 12.0 Å². The van der Waals surface area contributed by atoms with Crippen molar-refractivity contribution in [3.63, 3.8) is 0 Å². The van der Waals surface area contributed by atoms with Gasteiger partial charge >= 0.3 is 6.18 Å². The molecule has 0 atom stereocenters. The molecule has 0 unspecified atom stereocenters. The van der Waals surface area contributed by atoms with E-state index in [1.807, 2.05) is 0 Å². The zero-order valence-corrected chi connectivity index (χ0v) is 18.1. The Kier molecular flexibility index (Phi) is 5.74. The Balaban J connectivity index is 1.96. The van der Waals surface area contributed by atoms with Gasteiger partial charge in [0.2, 0.25) is 5.91 Å². The van der Waals surface area contributed by atoms with E-state index in [0.29, 0.717) is 16.6 Å². The maximum Gasteiger partial charge on any atom is 0.416 e. The van der Waals surface area contributed by atoms with Gasteiger partial charge in [-0.05, 0) is 48.9 Å². The van der Waals surface area contributed by atoms with Crippen molar-refractivity contribution < 1.29 is 27.5 Å². The average molecular weight is 468 g/mol. The Labute approximate surface area is 192 Å². The number of aryl methyl sites for hydroxylation is 1. The molecule has 0 aliphatic heterocycles. The lowest BCUT2D eigenvalue weighted by Crippen LogP contribution is -2.28. The summed E-state index contributed by atoms with van der Waals surface area (Å²) in [5.74, 6) is -1.49. The molecule has 174 valence electrons. The van der Waals surface area contributed by atoms with Crippen LogP contribution in [-0.2, 0) is 6.18 Å². The predicted molar refractivity (Wildman–Crippen MR) is 120 cm³/mol. The molecule has 2 aromatic carbocycles. The molecule has 0 saturated carbocycles. The molecule has 3 N–H and O–H groups in total. The quantitative estimate of drug-likeness (QED) is 0.432. The molecule has 4 aromatic rings. The Hall–Kier alpha value is -4.34. The predicted octanol–water partition coefficient (Wildman–Crippen LogP) is 4.98. The van der Waals surface area contributed by atoms with Crippen LogP contribution in [0.5, 0.6) is 5.75 Å². The number of nitrogens with one attached hydrogen (secondary N) is 1. The Morgan fingerprint density at radius 3 is 2.50 bits per heavy atom. The van der Waals surface area contributed by atoms with Crippen LogP contribution < -0.4 is 15.4 Å². The lowest BCUT2D eigenvalue weighted by molar-refractivity contribution is -0.137. The number of pyridine rings is 1. The second kappa shape index (κ2) is 8.54. The normalized spacial score (nSPS) is 11.4. The third kappa shape index (κ3) is 4.29. The van der Waals surface area contributed by atoms with Crippen molar-refractivity contribution in [3.05, 3.63) is 83.2 Å². The zero-order valence-electron chi connectivity index (χ0n) is 18.1. The van der Waals surface area contributed by atoms with Crippen LogP contribution in [0.15, 0.2) is 60.9 Å². The fourth-order valence-corrected chi connectivity index (χ4v) is 3.55. The number of ether oxygens (including phenoxy) is 1. The van der Waals surface area contributed by atoms with E-state index in [1.165, 1.54) is 31.5 Å². The van der Waals surface area contributed by atoms with Crippen LogP contribution in [0.4, 0.5) is 24.5 Å². The van der Waals surface area contributed by atoms with Crippen molar-refractivity contribution in [1.82, 2.24) is 9.97 Å². The van der Waals surface area contributed by atoms with E-state index < -0.39 is 23.6 Å². The number of fused-ring (bicyclic) bond motifs is 1. The molecule has 0 fully saturated rings. The van der Waals surface area contributed by atoms with Crippen molar-refractivity contribution >= 4 is 34.2 Å². The number of halogens is 3. The summed E-state index contributed by atoms with van der Waals surface area (Å²) < 4.78 is 45.9. The molecule has 0 radical (unpaired) electrons. The van der Waals surface area contributed by atoms with E-state index in [-0.39, 0.29) is 28.3 Å². The van der Waals surface area contributed by atoms with Crippen LogP contribution in [-0.4, -0.2) is 28.9 Å². The highest BCUT2D eigenvalue weighted by atomic mass is 19.4. The van der Waals surface area contributed by atoms with Gasteiger partial charge in [0, 0.05) is 28.8 Å². The number of nitrogens with zero attached hydrogens (tertiary/aromatic N) is 2. The summed E-state index contributed by atoms with van der Waals surface area (Å²) in [6.45, 7) is 1.65. The lowest BCUT2D eigenvalue weighted by atomic mass is 10.0. The van der Waals surface area contributed by atoms with E-state index in [0.717, 1.165) is 17.0 Å². The molecule has 7 nitrogen and oxygen atoms in total. The van der Waals surface area contributed by atoms with Gasteiger partial charge in [-0.15, -0.1) is 0 Å². The zero-order chi connectivity index (χ0) is 24.6. The number of hydrogen-bond acceptors (Lipinski definition) is 4. The molecule has 4 rings (SSSR count). The highest BCUT2D eigenvalue weighted by molar-refractivity contribution is 6.13. The van der Waals surface area contributed by atoms with Gasteiger partial charge in [-0.2, -0.15) is 13.2 Å². The molecule has 2 heterocycles. The van der Waals surface area contributed by atoms with Crippen LogP contribution in [0.25, 0.3) is 11.0 Å². The third-order valence-electron chi connectivity index (χ3n) is 5.31. The fourth-order valence-electron chi connectivity index (χ4n) is 3.55. The minimum absolute atomic E-state index is 0.0825. The molecule has 0 aliphatic carbocycles. The maximum absolute atomic E-state index is 13.8. The van der Waals surface area contributed by atoms with Crippen LogP contribution >= 0.6 is 0 Å². The first-order valence-corrected chi connectivity index (χ1v) is 10.0. The van der Waals surface area contributed by atoms with Gasteiger partial charge in [-0.3, -0.25) is 14.5 Å². The minimum atomic E-state index is -4.68. The molecule has 0 bridgehead atoms. The largest absolute Gasteiger partial charge is 0.497 e. The van der Waals surface area contributed by atoms with Gasteiger partial charge in [-0.1, -0.05) is 6.07 Å². The van der Waals surface area contributed by atoms with E-state index in [1.54, 1.807) is 31.3 Å². The number of nitrogens with two attached hydrogens (primary N) is 1. The molecule has 0 saturated heterocycles. The van der Waals surface area contributed by atoms with Crippen LogP contribution in [0.1, 0.15) is 31.8 Å². The number of carbonyl (C=O) groups is 2. The van der Waals surface area contributed by atoms with Gasteiger partial charge in [0.25, 0.3) is 5.91 Å². The SMILES string of the molecule is COc1cc(N(C(=O)c2cc(C(N)=O)ccc2C)c2cnc3[nH]ccc3c2)cc(C(F)(F)F)c1. The van der Waals surface area contributed by atoms with E-state index in [4.69, 9.17) is 10.5 Å². The smallest absolute Gasteiger partial charge is 0.416 e. The molecule has 10 heteroatoms. The van der Waals surface area contributed by atoms with E-state index >= 15 is 0 Å². The number of carbonyl (C=O) groups excluding carboxylic acids is 2. The number of H-pyrrole nitrogens is 1. The van der Waals surface area contributed by atoms with Gasteiger partial charge in [0.15, 0.2) is 0 Å². The van der Waals surface area contributed by atoms with Crippen LogP contribution in [0.3, 0.4) is 0 Å². The molecule has 0 spiro atoms. The Bertz CT molecular complexity index is 1410. The summed E-state index contributed by atoms with van der Waals surface area (Å²) in [6.07, 6.45) is -1.65. The molecule has 34 heavy (non-hydrogen) atoms. The van der Waals surface area contributed by atoms with Crippen LogP contribution in [0, 0.1) is 6.92 Å². The number of anilines is 2. The number of benzene rings is 2. The van der Waals surface area contributed by atoms with Crippen LogP contribution in [0.2, 0.25) is 0 Å². The monoisotopic (exact) mass is 468 g/mol.